The fourth-order valence-corrected chi connectivity index (χ4v) is 4.58. The van der Waals surface area contributed by atoms with Crippen LogP contribution in [0.5, 0.6) is 0 Å². The molecule has 0 unspecified atom stereocenters. The monoisotopic (exact) mass is 422 g/mol. The summed E-state index contributed by atoms with van der Waals surface area (Å²) in [5.41, 5.74) is 1.83. The molecule has 1 heterocycles. The molecule has 0 fully saturated rings. The molecular weight excluding hydrogens is 404 g/mol. The highest BCUT2D eigenvalue weighted by molar-refractivity contribution is 7.17. The minimum atomic E-state index is -0.327. The molecule has 0 spiro atoms. The minimum absolute atomic E-state index is 0.327. The van der Waals surface area contributed by atoms with Crippen LogP contribution in [0.4, 0.5) is 0 Å². The number of carbonyl (C=O) groups is 1. The van der Waals surface area contributed by atoms with Gasteiger partial charge in [0.05, 0.1) is 16.8 Å². The van der Waals surface area contributed by atoms with E-state index in [4.69, 9.17) is 16.3 Å². The second-order valence-electron chi connectivity index (χ2n) is 6.47. The molecule has 0 atom stereocenters. The zero-order chi connectivity index (χ0) is 20.2. The van der Waals surface area contributed by atoms with Crippen molar-refractivity contribution in [2.75, 3.05) is 13.7 Å². The number of nitrogens with zero attached hydrogens (tertiary/aromatic N) is 2. The van der Waals surface area contributed by atoms with E-state index in [0.717, 1.165) is 26.6 Å². The first-order chi connectivity index (χ1) is 14.2. The maximum atomic E-state index is 12.5. The van der Waals surface area contributed by atoms with Crippen molar-refractivity contribution >= 4 is 55.9 Å². The Labute approximate surface area is 177 Å². The number of benzene rings is 3. The molecule has 0 aliphatic carbocycles. The maximum absolute atomic E-state index is 12.5. The van der Waals surface area contributed by atoms with E-state index in [1.807, 2.05) is 34.9 Å². The first kappa shape index (κ1) is 19.6. The summed E-state index contributed by atoms with van der Waals surface area (Å²) in [6.07, 6.45) is 3.14. The normalized spacial score (nSPS) is 12.4. The molecule has 0 saturated carbocycles. The third kappa shape index (κ3) is 4.17. The number of hydrogen-bond acceptors (Lipinski definition) is 3. The number of rotatable bonds is 5. The number of ether oxygens (including phenoxy) is 1. The van der Waals surface area contributed by atoms with E-state index in [9.17, 15) is 4.79 Å². The highest BCUT2D eigenvalue weighted by Crippen LogP contribution is 2.27. The largest absolute Gasteiger partial charge is 0.383 e. The third-order valence-corrected chi connectivity index (χ3v) is 6.08. The molecule has 4 aromatic rings. The van der Waals surface area contributed by atoms with Crippen LogP contribution >= 0.6 is 22.9 Å². The Morgan fingerprint density at radius 3 is 2.76 bits per heavy atom. The molecular formula is C23H19ClN2O2S. The van der Waals surface area contributed by atoms with Crippen LogP contribution in [0.3, 0.4) is 0 Å². The smallest absolute Gasteiger partial charge is 0.272 e. The summed E-state index contributed by atoms with van der Waals surface area (Å²) < 4.78 is 8.41. The van der Waals surface area contributed by atoms with Gasteiger partial charge in [-0.3, -0.25) is 4.79 Å². The fourth-order valence-electron chi connectivity index (χ4n) is 3.19. The van der Waals surface area contributed by atoms with Gasteiger partial charge in [0, 0.05) is 30.1 Å². The van der Waals surface area contributed by atoms with Gasteiger partial charge in [-0.25, -0.2) is 0 Å². The molecule has 0 bridgehead atoms. The molecule has 0 N–H and O–H groups in total. The van der Waals surface area contributed by atoms with E-state index in [0.29, 0.717) is 23.0 Å². The number of thiazole rings is 1. The maximum Gasteiger partial charge on any atom is 0.272 e. The van der Waals surface area contributed by atoms with Crippen LogP contribution in [0.15, 0.2) is 71.7 Å². The quantitative estimate of drug-likeness (QED) is 0.410. The Hall–Kier alpha value is -2.73. The topological polar surface area (TPSA) is 43.6 Å². The zero-order valence-corrected chi connectivity index (χ0v) is 17.4. The number of fused-ring (bicyclic) bond motifs is 3. The van der Waals surface area contributed by atoms with E-state index in [-0.39, 0.29) is 5.91 Å². The van der Waals surface area contributed by atoms with E-state index in [1.54, 1.807) is 19.3 Å². The number of amides is 1. The lowest BCUT2D eigenvalue weighted by Crippen LogP contribution is -2.18. The summed E-state index contributed by atoms with van der Waals surface area (Å²) in [5.74, 6) is -0.327. The molecule has 29 heavy (non-hydrogen) atoms. The second kappa shape index (κ2) is 8.74. The molecule has 146 valence electrons. The van der Waals surface area contributed by atoms with Crippen LogP contribution in [0.1, 0.15) is 5.56 Å². The van der Waals surface area contributed by atoms with Gasteiger partial charge in [0.25, 0.3) is 5.91 Å². The molecule has 6 heteroatoms. The molecule has 1 amide bonds. The van der Waals surface area contributed by atoms with Gasteiger partial charge < -0.3 is 9.30 Å². The van der Waals surface area contributed by atoms with Gasteiger partial charge in [-0.2, -0.15) is 4.99 Å². The zero-order valence-electron chi connectivity index (χ0n) is 15.8. The van der Waals surface area contributed by atoms with Crippen molar-refractivity contribution in [2.45, 2.75) is 6.54 Å². The first-order valence-corrected chi connectivity index (χ1v) is 10.4. The van der Waals surface area contributed by atoms with E-state index < -0.39 is 0 Å². The van der Waals surface area contributed by atoms with E-state index in [2.05, 4.69) is 29.3 Å². The Balaban J connectivity index is 1.79. The van der Waals surface area contributed by atoms with Gasteiger partial charge in [-0.15, -0.1) is 0 Å². The summed E-state index contributed by atoms with van der Waals surface area (Å²) >= 11 is 7.67. The minimum Gasteiger partial charge on any atom is -0.383 e. The lowest BCUT2D eigenvalue weighted by Gasteiger charge is -2.05. The van der Waals surface area contributed by atoms with Crippen LogP contribution < -0.4 is 4.80 Å². The Bertz CT molecular complexity index is 1290. The molecule has 4 rings (SSSR count). The van der Waals surface area contributed by atoms with Crippen molar-refractivity contribution in [2.24, 2.45) is 4.99 Å². The van der Waals surface area contributed by atoms with Crippen molar-refractivity contribution in [3.8, 4) is 0 Å². The highest BCUT2D eigenvalue weighted by atomic mass is 35.5. The first-order valence-electron chi connectivity index (χ1n) is 9.19. The molecule has 0 saturated heterocycles. The third-order valence-electron chi connectivity index (χ3n) is 4.61. The van der Waals surface area contributed by atoms with Gasteiger partial charge in [0.1, 0.15) is 0 Å². The molecule has 0 aliphatic heterocycles. The SMILES string of the molecule is COCCn1c(=NC(=O)/C=C/c2ccccc2Cl)sc2c3ccccc3ccc21. The van der Waals surface area contributed by atoms with Crippen molar-refractivity contribution in [1.82, 2.24) is 4.57 Å². The molecule has 0 radical (unpaired) electrons. The number of aromatic nitrogens is 1. The molecule has 0 aliphatic rings. The molecule has 1 aromatic heterocycles. The summed E-state index contributed by atoms with van der Waals surface area (Å²) in [6.45, 7) is 1.16. The van der Waals surface area contributed by atoms with Crippen molar-refractivity contribution in [3.63, 3.8) is 0 Å². The van der Waals surface area contributed by atoms with E-state index in [1.165, 1.54) is 17.4 Å². The molecule has 4 nitrogen and oxygen atoms in total. The lowest BCUT2D eigenvalue weighted by molar-refractivity contribution is -0.113. The Morgan fingerprint density at radius 2 is 1.93 bits per heavy atom. The Kier molecular flexibility index (Phi) is 5.90. The summed E-state index contributed by atoms with van der Waals surface area (Å²) in [5, 5.41) is 2.92. The van der Waals surface area contributed by atoms with Gasteiger partial charge >= 0.3 is 0 Å². The van der Waals surface area contributed by atoms with Crippen LogP contribution in [0.2, 0.25) is 5.02 Å². The van der Waals surface area contributed by atoms with Gasteiger partial charge in [0.2, 0.25) is 0 Å². The number of carbonyl (C=O) groups excluding carboxylic acids is 1. The predicted octanol–water partition coefficient (Wildman–Crippen LogP) is 5.30. The summed E-state index contributed by atoms with van der Waals surface area (Å²) in [6, 6.07) is 19.8. The lowest BCUT2D eigenvalue weighted by atomic mass is 10.1. The number of halogens is 1. The predicted molar refractivity (Wildman–Crippen MR) is 120 cm³/mol. The standard InChI is InChI=1S/C23H19ClN2O2S/c1-28-15-14-26-20-12-10-16-6-2-4-8-18(16)22(20)29-23(26)25-21(27)13-11-17-7-3-5-9-19(17)24/h2-13H,14-15H2,1H3/b13-11+,25-23?. The van der Waals surface area contributed by atoms with Crippen LogP contribution in [-0.2, 0) is 16.1 Å². The number of hydrogen-bond donors (Lipinski definition) is 0. The van der Waals surface area contributed by atoms with E-state index >= 15 is 0 Å². The van der Waals surface area contributed by atoms with Gasteiger partial charge in [-0.1, -0.05) is 71.5 Å². The average Bonchev–Trinajstić information content (AvgIpc) is 3.09. The summed E-state index contributed by atoms with van der Waals surface area (Å²) in [4.78, 5) is 17.5. The van der Waals surface area contributed by atoms with Crippen molar-refractivity contribution in [3.05, 3.63) is 82.1 Å². The fraction of sp³-hybridized carbons (Fsp3) is 0.130. The molecule has 3 aromatic carbocycles. The Morgan fingerprint density at radius 1 is 1.14 bits per heavy atom. The summed E-state index contributed by atoms with van der Waals surface area (Å²) in [7, 11) is 1.67. The number of methoxy groups -OCH3 is 1. The van der Waals surface area contributed by atoms with Gasteiger partial charge in [-0.05, 0) is 29.2 Å². The van der Waals surface area contributed by atoms with Crippen molar-refractivity contribution < 1.29 is 9.53 Å². The highest BCUT2D eigenvalue weighted by Gasteiger charge is 2.10. The van der Waals surface area contributed by atoms with Crippen LogP contribution in [0.25, 0.3) is 27.1 Å². The van der Waals surface area contributed by atoms with Gasteiger partial charge in [0.15, 0.2) is 4.80 Å². The van der Waals surface area contributed by atoms with Crippen molar-refractivity contribution in [1.29, 1.82) is 0 Å². The van der Waals surface area contributed by atoms with Crippen LogP contribution in [0, 0.1) is 0 Å². The second-order valence-corrected chi connectivity index (χ2v) is 7.85. The average molecular weight is 423 g/mol. The van der Waals surface area contributed by atoms with Crippen LogP contribution in [-0.4, -0.2) is 24.2 Å².